The Balaban J connectivity index is 2.69. The summed E-state index contributed by atoms with van der Waals surface area (Å²) in [7, 11) is 0. The zero-order valence-corrected chi connectivity index (χ0v) is 10.7. The molecule has 0 spiro atoms. The summed E-state index contributed by atoms with van der Waals surface area (Å²) in [6, 6.07) is 9.73. The first-order chi connectivity index (χ1) is 7.46. The van der Waals surface area contributed by atoms with E-state index in [-0.39, 0.29) is 17.4 Å². The molecule has 0 aliphatic heterocycles. The van der Waals surface area contributed by atoms with E-state index < -0.39 is 0 Å². The molecular weight excluding hydrogens is 222 g/mol. The lowest BCUT2D eigenvalue weighted by molar-refractivity contribution is -0.123. The van der Waals surface area contributed by atoms with Crippen LogP contribution in [-0.2, 0) is 4.79 Å². The molecule has 3 heteroatoms. The lowest BCUT2D eigenvalue weighted by atomic mass is 9.98. The van der Waals surface area contributed by atoms with Crippen molar-refractivity contribution in [2.75, 3.05) is 5.88 Å². The first-order valence-electron chi connectivity index (χ1n) is 5.39. The van der Waals surface area contributed by atoms with Gasteiger partial charge in [0.25, 0.3) is 0 Å². The molecule has 1 aromatic rings. The molecule has 0 saturated heterocycles. The number of halogens is 1. The number of hydrogen-bond donors (Lipinski definition) is 1. The summed E-state index contributed by atoms with van der Waals surface area (Å²) in [5.41, 5.74) is 0.659. The molecule has 0 bridgehead atoms. The average Bonchev–Trinajstić information content (AvgIpc) is 2.28. The van der Waals surface area contributed by atoms with E-state index >= 15 is 0 Å². The van der Waals surface area contributed by atoms with E-state index in [1.54, 1.807) is 0 Å². The van der Waals surface area contributed by atoms with Gasteiger partial charge in [0.2, 0.25) is 5.91 Å². The maximum absolute atomic E-state index is 11.9. The Morgan fingerprint density at radius 2 is 1.94 bits per heavy atom. The van der Waals surface area contributed by atoms with Crippen molar-refractivity contribution in [1.82, 2.24) is 5.32 Å². The van der Waals surface area contributed by atoms with Gasteiger partial charge in [-0.1, -0.05) is 30.3 Å². The Kier molecular flexibility index (Phi) is 4.36. The van der Waals surface area contributed by atoms with Gasteiger partial charge in [0.15, 0.2) is 0 Å². The van der Waals surface area contributed by atoms with Gasteiger partial charge in [0, 0.05) is 11.4 Å². The van der Waals surface area contributed by atoms with Crippen LogP contribution in [0.3, 0.4) is 0 Å². The van der Waals surface area contributed by atoms with Crippen LogP contribution in [0.5, 0.6) is 0 Å². The predicted molar refractivity (Wildman–Crippen MR) is 67.8 cm³/mol. The summed E-state index contributed by atoms with van der Waals surface area (Å²) in [5.74, 6) is 0.265. The van der Waals surface area contributed by atoms with Crippen LogP contribution in [0.2, 0.25) is 0 Å². The monoisotopic (exact) mass is 239 g/mol. The van der Waals surface area contributed by atoms with Crippen LogP contribution in [0.25, 0.3) is 0 Å². The highest BCUT2D eigenvalue weighted by Gasteiger charge is 2.23. The summed E-state index contributed by atoms with van der Waals surface area (Å²) >= 11 is 5.77. The first-order valence-corrected chi connectivity index (χ1v) is 5.92. The summed E-state index contributed by atoms with van der Waals surface area (Å²) in [4.78, 5) is 11.9. The number of hydrogen-bond acceptors (Lipinski definition) is 1. The summed E-state index contributed by atoms with van der Waals surface area (Å²) in [6.07, 6.45) is 0. The number of rotatable bonds is 4. The second kappa shape index (κ2) is 5.35. The molecule has 0 aliphatic carbocycles. The molecule has 1 unspecified atom stereocenters. The average molecular weight is 240 g/mol. The second-order valence-corrected chi connectivity index (χ2v) is 4.91. The van der Waals surface area contributed by atoms with Crippen molar-refractivity contribution in [3.63, 3.8) is 0 Å². The van der Waals surface area contributed by atoms with Crippen LogP contribution in [0.4, 0.5) is 0 Å². The van der Waals surface area contributed by atoms with Crippen LogP contribution >= 0.6 is 11.6 Å². The van der Waals surface area contributed by atoms with E-state index in [4.69, 9.17) is 11.6 Å². The third-order valence-electron chi connectivity index (χ3n) is 2.49. The molecule has 0 aromatic heterocycles. The van der Waals surface area contributed by atoms with E-state index in [0.29, 0.717) is 5.88 Å². The lowest BCUT2D eigenvalue weighted by Crippen LogP contribution is -2.46. The van der Waals surface area contributed by atoms with E-state index in [2.05, 4.69) is 5.32 Å². The largest absolute Gasteiger partial charge is 0.350 e. The van der Waals surface area contributed by atoms with Gasteiger partial charge < -0.3 is 5.32 Å². The Bertz CT molecular complexity index is 348. The molecule has 0 radical (unpaired) electrons. The van der Waals surface area contributed by atoms with Crippen molar-refractivity contribution in [2.45, 2.75) is 32.2 Å². The summed E-state index contributed by atoms with van der Waals surface area (Å²) < 4.78 is 0. The van der Waals surface area contributed by atoms with Gasteiger partial charge in [0.1, 0.15) is 0 Å². The number of carbonyl (C=O) groups is 1. The minimum Gasteiger partial charge on any atom is -0.350 e. The highest BCUT2D eigenvalue weighted by Crippen LogP contribution is 2.16. The topological polar surface area (TPSA) is 29.1 Å². The van der Waals surface area contributed by atoms with Gasteiger partial charge in [0.05, 0.1) is 5.92 Å². The van der Waals surface area contributed by atoms with E-state index in [9.17, 15) is 4.79 Å². The number of alkyl halides is 1. The fraction of sp³-hybridized carbons (Fsp3) is 0.462. The Morgan fingerprint density at radius 1 is 1.38 bits per heavy atom. The molecular formula is C13H18ClNO. The third kappa shape index (κ3) is 3.53. The van der Waals surface area contributed by atoms with Crippen molar-refractivity contribution in [3.8, 4) is 0 Å². The third-order valence-corrected chi connectivity index (χ3v) is 3.16. The maximum Gasteiger partial charge on any atom is 0.227 e. The van der Waals surface area contributed by atoms with Crippen molar-refractivity contribution in [3.05, 3.63) is 35.9 Å². The molecule has 0 aliphatic rings. The van der Waals surface area contributed by atoms with Crippen LogP contribution in [-0.4, -0.2) is 17.3 Å². The molecule has 0 heterocycles. The van der Waals surface area contributed by atoms with E-state index in [1.807, 2.05) is 51.1 Å². The standard InChI is InChI=1S/C13H18ClNO/c1-10(11-7-5-4-6-8-11)12(16)15-13(2,3)9-14/h4-8,10H,9H2,1-3H3,(H,15,16). The predicted octanol–water partition coefficient (Wildman–Crippen LogP) is 2.92. The summed E-state index contributed by atoms with van der Waals surface area (Å²) in [5, 5.41) is 2.93. The molecule has 1 N–H and O–H groups in total. The molecule has 16 heavy (non-hydrogen) atoms. The Morgan fingerprint density at radius 3 is 2.44 bits per heavy atom. The van der Waals surface area contributed by atoms with Crippen LogP contribution in [0.15, 0.2) is 30.3 Å². The summed E-state index contributed by atoms with van der Waals surface area (Å²) in [6.45, 7) is 5.72. The maximum atomic E-state index is 11.9. The smallest absolute Gasteiger partial charge is 0.227 e. The van der Waals surface area contributed by atoms with Crippen molar-refractivity contribution in [1.29, 1.82) is 0 Å². The molecule has 0 fully saturated rings. The molecule has 0 saturated carbocycles. The zero-order chi connectivity index (χ0) is 12.2. The molecule has 1 rings (SSSR count). The Hall–Kier alpha value is -1.02. The molecule has 1 amide bonds. The minimum absolute atomic E-state index is 0.0110. The highest BCUT2D eigenvalue weighted by molar-refractivity contribution is 6.18. The lowest BCUT2D eigenvalue weighted by Gasteiger charge is -2.25. The molecule has 1 aromatic carbocycles. The van der Waals surface area contributed by atoms with Gasteiger partial charge in [-0.15, -0.1) is 11.6 Å². The van der Waals surface area contributed by atoms with Gasteiger partial charge in [-0.25, -0.2) is 0 Å². The second-order valence-electron chi connectivity index (χ2n) is 4.64. The zero-order valence-electron chi connectivity index (χ0n) is 9.96. The highest BCUT2D eigenvalue weighted by atomic mass is 35.5. The van der Waals surface area contributed by atoms with Crippen molar-refractivity contribution >= 4 is 17.5 Å². The first kappa shape index (κ1) is 13.0. The van der Waals surface area contributed by atoms with E-state index in [0.717, 1.165) is 5.56 Å². The van der Waals surface area contributed by atoms with Gasteiger partial charge in [-0.05, 0) is 26.3 Å². The molecule has 1 atom stereocenters. The number of carbonyl (C=O) groups excluding carboxylic acids is 1. The Labute approximate surface area is 102 Å². The molecule has 2 nitrogen and oxygen atoms in total. The fourth-order valence-electron chi connectivity index (χ4n) is 1.37. The SMILES string of the molecule is CC(C(=O)NC(C)(C)CCl)c1ccccc1. The number of benzene rings is 1. The van der Waals surface area contributed by atoms with Gasteiger partial charge >= 0.3 is 0 Å². The number of nitrogens with one attached hydrogen (secondary N) is 1. The van der Waals surface area contributed by atoms with Crippen LogP contribution in [0.1, 0.15) is 32.3 Å². The van der Waals surface area contributed by atoms with Gasteiger partial charge in [-0.3, -0.25) is 4.79 Å². The normalized spacial score (nSPS) is 13.2. The van der Waals surface area contributed by atoms with Crippen molar-refractivity contribution < 1.29 is 4.79 Å². The van der Waals surface area contributed by atoms with Crippen LogP contribution < -0.4 is 5.32 Å². The quantitative estimate of drug-likeness (QED) is 0.805. The van der Waals surface area contributed by atoms with E-state index in [1.165, 1.54) is 0 Å². The fourth-order valence-corrected chi connectivity index (χ4v) is 1.44. The van der Waals surface area contributed by atoms with Crippen LogP contribution in [0, 0.1) is 0 Å². The minimum atomic E-state index is -0.359. The van der Waals surface area contributed by atoms with Gasteiger partial charge in [-0.2, -0.15) is 0 Å². The van der Waals surface area contributed by atoms with Crippen molar-refractivity contribution in [2.24, 2.45) is 0 Å². The number of amides is 1. The molecule has 88 valence electrons.